The van der Waals surface area contributed by atoms with Gasteiger partial charge in [-0.1, -0.05) is 11.6 Å². The maximum Gasteiger partial charge on any atom is 0.245 e. The van der Waals surface area contributed by atoms with Crippen molar-refractivity contribution in [2.75, 3.05) is 13.6 Å². The van der Waals surface area contributed by atoms with Crippen LogP contribution in [0.5, 0.6) is 0 Å². The van der Waals surface area contributed by atoms with Crippen molar-refractivity contribution in [2.24, 2.45) is 0 Å². The number of pyridine rings is 1. The van der Waals surface area contributed by atoms with Gasteiger partial charge in [0.05, 0.1) is 6.07 Å². The van der Waals surface area contributed by atoms with Crippen molar-refractivity contribution in [1.29, 1.82) is 5.26 Å². The Morgan fingerprint density at radius 3 is 2.73 bits per heavy atom. The minimum Gasteiger partial charge on any atom is -0.243 e. The largest absolute Gasteiger partial charge is 0.245 e. The average molecular weight is 246 g/mol. The van der Waals surface area contributed by atoms with Gasteiger partial charge in [0.25, 0.3) is 0 Å². The van der Waals surface area contributed by atoms with Crippen molar-refractivity contribution in [2.45, 2.75) is 4.90 Å². The average Bonchev–Trinajstić information content (AvgIpc) is 2.18. The second-order valence-corrected chi connectivity index (χ2v) is 5.17. The van der Waals surface area contributed by atoms with E-state index in [9.17, 15) is 8.42 Å². The van der Waals surface area contributed by atoms with E-state index < -0.39 is 10.0 Å². The molecular weight excluding hydrogens is 238 g/mol. The first-order chi connectivity index (χ1) is 6.98. The molecule has 0 saturated carbocycles. The Morgan fingerprint density at radius 2 is 2.27 bits per heavy atom. The lowest BCUT2D eigenvalue weighted by Crippen LogP contribution is -2.27. The third kappa shape index (κ3) is 2.65. The van der Waals surface area contributed by atoms with Crippen LogP contribution in [-0.4, -0.2) is 31.3 Å². The van der Waals surface area contributed by atoms with Crippen molar-refractivity contribution in [1.82, 2.24) is 9.29 Å². The number of hydrogen-bond donors (Lipinski definition) is 0. The van der Waals surface area contributed by atoms with E-state index in [-0.39, 0.29) is 16.6 Å². The Hall–Kier alpha value is -1.16. The van der Waals surface area contributed by atoms with Gasteiger partial charge in [-0.05, 0) is 12.1 Å². The van der Waals surface area contributed by atoms with Crippen molar-refractivity contribution in [3.05, 3.63) is 23.5 Å². The summed E-state index contributed by atoms with van der Waals surface area (Å²) < 4.78 is 24.4. The molecule has 0 fully saturated rings. The lowest BCUT2D eigenvalue weighted by molar-refractivity contribution is 0.501. The van der Waals surface area contributed by atoms with E-state index >= 15 is 0 Å². The van der Waals surface area contributed by atoms with E-state index in [1.54, 1.807) is 6.07 Å². The van der Waals surface area contributed by atoms with Crippen LogP contribution in [0.1, 0.15) is 0 Å². The zero-order chi connectivity index (χ0) is 11.5. The Kier molecular flexibility index (Phi) is 3.63. The van der Waals surface area contributed by atoms with Crippen LogP contribution < -0.4 is 0 Å². The minimum absolute atomic E-state index is 0.0182. The predicted octanol–water partition coefficient (Wildman–Crippen LogP) is 0.879. The fourth-order valence-corrected chi connectivity index (χ4v) is 2.00. The number of halogens is 1. The van der Waals surface area contributed by atoms with Crippen LogP contribution in [0, 0.1) is 11.3 Å². The number of nitrogens with zero attached hydrogens (tertiary/aromatic N) is 3. The highest BCUT2D eigenvalue weighted by Crippen LogP contribution is 2.14. The number of rotatable bonds is 3. The molecule has 0 aliphatic carbocycles. The number of nitriles is 1. The van der Waals surface area contributed by atoms with Crippen LogP contribution in [0.4, 0.5) is 0 Å². The van der Waals surface area contributed by atoms with Gasteiger partial charge >= 0.3 is 0 Å². The van der Waals surface area contributed by atoms with Crippen LogP contribution in [0.25, 0.3) is 0 Å². The zero-order valence-electron chi connectivity index (χ0n) is 7.88. The summed E-state index contributed by atoms with van der Waals surface area (Å²) in [6.07, 6.45) is 1.16. The standard InChI is InChI=1S/C8H8ClN3O2S/c1-12(5-4-10)15(13,14)7-2-3-8(9)11-6-7/h2-3,6H,5H2,1H3. The lowest BCUT2D eigenvalue weighted by Gasteiger charge is -2.12. The van der Waals surface area contributed by atoms with Gasteiger partial charge in [-0.3, -0.25) is 0 Å². The molecule has 0 aromatic carbocycles. The molecule has 0 bridgehead atoms. The first-order valence-electron chi connectivity index (χ1n) is 3.93. The SMILES string of the molecule is CN(CC#N)S(=O)(=O)c1ccc(Cl)nc1. The van der Waals surface area contributed by atoms with Crippen LogP contribution in [0.2, 0.25) is 5.15 Å². The van der Waals surface area contributed by atoms with Gasteiger partial charge in [0.1, 0.15) is 16.6 Å². The highest BCUT2D eigenvalue weighted by atomic mass is 35.5. The fraction of sp³-hybridized carbons (Fsp3) is 0.250. The monoisotopic (exact) mass is 245 g/mol. The number of hydrogen-bond acceptors (Lipinski definition) is 4. The smallest absolute Gasteiger partial charge is 0.243 e. The highest BCUT2D eigenvalue weighted by Gasteiger charge is 2.20. The molecule has 0 unspecified atom stereocenters. The molecule has 0 atom stereocenters. The minimum atomic E-state index is -3.63. The maximum atomic E-state index is 11.7. The van der Waals surface area contributed by atoms with Gasteiger partial charge in [-0.15, -0.1) is 0 Å². The van der Waals surface area contributed by atoms with Crippen molar-refractivity contribution in [3.63, 3.8) is 0 Å². The van der Waals surface area contributed by atoms with Crippen LogP contribution in [0.3, 0.4) is 0 Å². The Bertz CT molecular complexity index is 478. The third-order valence-electron chi connectivity index (χ3n) is 1.70. The molecule has 1 aromatic heterocycles. The fourth-order valence-electron chi connectivity index (χ4n) is 0.879. The Morgan fingerprint density at radius 1 is 1.60 bits per heavy atom. The van der Waals surface area contributed by atoms with Crippen molar-refractivity contribution >= 4 is 21.6 Å². The summed E-state index contributed by atoms with van der Waals surface area (Å²) >= 11 is 5.53. The molecule has 1 heterocycles. The van der Waals surface area contributed by atoms with Gasteiger partial charge in [0.2, 0.25) is 10.0 Å². The van der Waals surface area contributed by atoms with Gasteiger partial charge < -0.3 is 0 Å². The summed E-state index contributed by atoms with van der Waals surface area (Å²) in [7, 11) is -2.30. The summed E-state index contributed by atoms with van der Waals surface area (Å²) in [5.41, 5.74) is 0. The van der Waals surface area contributed by atoms with Gasteiger partial charge in [-0.25, -0.2) is 13.4 Å². The third-order valence-corrected chi connectivity index (χ3v) is 3.71. The molecule has 0 saturated heterocycles. The lowest BCUT2D eigenvalue weighted by atomic mass is 10.5. The van der Waals surface area contributed by atoms with E-state index in [1.807, 2.05) is 0 Å². The molecule has 1 aromatic rings. The second kappa shape index (κ2) is 4.57. The van der Waals surface area contributed by atoms with E-state index in [0.717, 1.165) is 10.5 Å². The molecule has 7 heteroatoms. The molecule has 0 aliphatic heterocycles. The van der Waals surface area contributed by atoms with Gasteiger partial charge in [-0.2, -0.15) is 9.57 Å². The quantitative estimate of drug-likeness (QED) is 0.585. The van der Waals surface area contributed by atoms with Crippen LogP contribution >= 0.6 is 11.6 Å². The Balaban J connectivity index is 3.07. The normalized spacial score (nSPS) is 11.3. The van der Waals surface area contributed by atoms with Crippen LogP contribution in [-0.2, 0) is 10.0 Å². The molecule has 0 amide bonds. The predicted molar refractivity (Wildman–Crippen MR) is 54.7 cm³/mol. The zero-order valence-corrected chi connectivity index (χ0v) is 9.46. The topological polar surface area (TPSA) is 74.1 Å². The van der Waals surface area contributed by atoms with Crippen LogP contribution in [0.15, 0.2) is 23.2 Å². The molecule has 5 nitrogen and oxygen atoms in total. The first kappa shape index (κ1) is 11.9. The molecule has 15 heavy (non-hydrogen) atoms. The maximum absolute atomic E-state index is 11.7. The van der Waals surface area contributed by atoms with E-state index in [1.165, 1.54) is 19.2 Å². The molecule has 1 rings (SSSR count). The van der Waals surface area contributed by atoms with E-state index in [2.05, 4.69) is 4.98 Å². The molecule has 0 aliphatic rings. The van der Waals surface area contributed by atoms with E-state index in [0.29, 0.717) is 0 Å². The van der Waals surface area contributed by atoms with Crippen molar-refractivity contribution in [3.8, 4) is 6.07 Å². The molecule has 0 radical (unpaired) electrons. The molecule has 0 spiro atoms. The summed E-state index contributed by atoms with van der Waals surface area (Å²) in [4.78, 5) is 3.68. The Labute approximate surface area is 93.0 Å². The van der Waals surface area contributed by atoms with Gasteiger partial charge in [0, 0.05) is 13.2 Å². The summed E-state index contributed by atoms with van der Waals surface area (Å²) in [5, 5.41) is 8.62. The first-order valence-corrected chi connectivity index (χ1v) is 5.75. The van der Waals surface area contributed by atoms with Gasteiger partial charge in [0.15, 0.2) is 0 Å². The molecule has 0 N–H and O–H groups in total. The summed E-state index contributed by atoms with van der Waals surface area (Å²) in [5.74, 6) is 0. The summed E-state index contributed by atoms with van der Waals surface area (Å²) in [6.45, 7) is -0.203. The van der Waals surface area contributed by atoms with Crippen molar-refractivity contribution < 1.29 is 8.42 Å². The molecular formula is C8H8ClN3O2S. The highest BCUT2D eigenvalue weighted by molar-refractivity contribution is 7.89. The number of aromatic nitrogens is 1. The molecule has 80 valence electrons. The number of sulfonamides is 1. The van der Waals surface area contributed by atoms with E-state index in [4.69, 9.17) is 16.9 Å². The second-order valence-electron chi connectivity index (χ2n) is 2.74. The summed E-state index contributed by atoms with van der Waals surface area (Å²) in [6, 6.07) is 4.48.